The minimum atomic E-state index is 0.419. The van der Waals surface area contributed by atoms with Crippen molar-refractivity contribution in [2.24, 2.45) is 5.92 Å². The topological polar surface area (TPSA) is 12.0 Å². The molecule has 3 heteroatoms. The SMILES string of the molecule is CC1C(NCl)C1c1ccc(Cl)cc1. The molecule has 0 heterocycles. The van der Waals surface area contributed by atoms with Crippen LogP contribution in [0.3, 0.4) is 0 Å². The first kappa shape index (κ1) is 9.32. The van der Waals surface area contributed by atoms with Crippen molar-refractivity contribution in [2.75, 3.05) is 0 Å². The highest BCUT2D eigenvalue weighted by Crippen LogP contribution is 2.47. The molecule has 1 nitrogen and oxygen atoms in total. The first-order valence-electron chi connectivity index (χ1n) is 4.35. The van der Waals surface area contributed by atoms with E-state index in [0.29, 0.717) is 17.9 Å². The van der Waals surface area contributed by atoms with E-state index in [4.69, 9.17) is 23.4 Å². The van der Waals surface area contributed by atoms with Crippen LogP contribution in [0, 0.1) is 5.92 Å². The summed E-state index contributed by atoms with van der Waals surface area (Å²) in [6, 6.07) is 8.40. The van der Waals surface area contributed by atoms with E-state index in [2.05, 4.69) is 23.9 Å². The average molecular weight is 216 g/mol. The van der Waals surface area contributed by atoms with Crippen molar-refractivity contribution in [2.45, 2.75) is 18.9 Å². The lowest BCUT2D eigenvalue weighted by atomic mass is 10.1. The minimum absolute atomic E-state index is 0.419. The Labute approximate surface area is 88.2 Å². The fourth-order valence-electron chi connectivity index (χ4n) is 1.83. The maximum Gasteiger partial charge on any atom is 0.0406 e. The molecule has 0 aromatic heterocycles. The second-order valence-corrected chi connectivity index (χ2v) is 4.23. The summed E-state index contributed by atoms with van der Waals surface area (Å²) in [4.78, 5) is 2.79. The van der Waals surface area contributed by atoms with Crippen molar-refractivity contribution in [1.82, 2.24) is 4.84 Å². The van der Waals surface area contributed by atoms with Gasteiger partial charge in [0.25, 0.3) is 0 Å². The number of nitrogens with one attached hydrogen (secondary N) is 1. The molecule has 0 bridgehead atoms. The summed E-state index contributed by atoms with van der Waals surface area (Å²) >= 11 is 11.4. The van der Waals surface area contributed by atoms with Gasteiger partial charge in [0.05, 0.1) is 0 Å². The quantitative estimate of drug-likeness (QED) is 0.748. The standard InChI is InChI=1S/C10H11Cl2N/c1-6-9(10(6)13-12)7-2-4-8(11)5-3-7/h2-6,9-10,13H,1H3. The molecule has 0 radical (unpaired) electrons. The summed E-state index contributed by atoms with van der Waals surface area (Å²) in [5, 5.41) is 0.785. The molecule has 3 unspecified atom stereocenters. The van der Waals surface area contributed by atoms with Gasteiger partial charge >= 0.3 is 0 Å². The predicted octanol–water partition coefficient (Wildman–Crippen LogP) is 3.19. The summed E-state index contributed by atoms with van der Waals surface area (Å²) in [6.45, 7) is 2.19. The summed E-state index contributed by atoms with van der Waals surface area (Å²) in [5.74, 6) is 1.17. The van der Waals surface area contributed by atoms with Gasteiger partial charge < -0.3 is 0 Å². The molecular weight excluding hydrogens is 205 g/mol. The van der Waals surface area contributed by atoms with Crippen molar-refractivity contribution >= 4 is 23.4 Å². The van der Waals surface area contributed by atoms with E-state index in [1.807, 2.05) is 12.1 Å². The van der Waals surface area contributed by atoms with Crippen LogP contribution >= 0.6 is 23.4 Å². The molecule has 2 rings (SSSR count). The lowest BCUT2D eigenvalue weighted by Crippen LogP contribution is -2.04. The predicted molar refractivity (Wildman–Crippen MR) is 56.1 cm³/mol. The zero-order chi connectivity index (χ0) is 9.42. The summed E-state index contributed by atoms with van der Waals surface area (Å²) in [6.07, 6.45) is 0. The molecule has 1 fully saturated rings. The third-order valence-electron chi connectivity index (χ3n) is 2.76. The van der Waals surface area contributed by atoms with Gasteiger partial charge in [-0.1, -0.05) is 30.7 Å². The third kappa shape index (κ3) is 1.69. The molecule has 13 heavy (non-hydrogen) atoms. The van der Waals surface area contributed by atoms with Gasteiger partial charge in [0.1, 0.15) is 0 Å². The second kappa shape index (κ2) is 3.49. The molecule has 1 aromatic carbocycles. The molecule has 70 valence electrons. The number of halogens is 2. The molecule has 1 aromatic rings. The van der Waals surface area contributed by atoms with Crippen molar-refractivity contribution in [3.05, 3.63) is 34.9 Å². The van der Waals surface area contributed by atoms with E-state index < -0.39 is 0 Å². The van der Waals surface area contributed by atoms with Crippen molar-refractivity contribution in [3.63, 3.8) is 0 Å². The van der Waals surface area contributed by atoms with Gasteiger partial charge in [0.15, 0.2) is 0 Å². The second-order valence-electron chi connectivity index (χ2n) is 3.57. The van der Waals surface area contributed by atoms with Crippen molar-refractivity contribution < 1.29 is 0 Å². The van der Waals surface area contributed by atoms with Crippen LogP contribution in [0.2, 0.25) is 5.02 Å². The van der Waals surface area contributed by atoms with E-state index in [-0.39, 0.29) is 0 Å². The molecule has 3 atom stereocenters. The highest BCUT2D eigenvalue weighted by molar-refractivity contribution is 6.30. The molecule has 0 spiro atoms. The van der Waals surface area contributed by atoms with Gasteiger partial charge in [0, 0.05) is 17.0 Å². The van der Waals surface area contributed by atoms with Gasteiger partial charge in [0.2, 0.25) is 0 Å². The fraction of sp³-hybridized carbons (Fsp3) is 0.400. The van der Waals surface area contributed by atoms with Crippen molar-refractivity contribution in [3.8, 4) is 0 Å². The van der Waals surface area contributed by atoms with E-state index in [0.717, 1.165) is 5.02 Å². The van der Waals surface area contributed by atoms with Crippen LogP contribution in [-0.4, -0.2) is 6.04 Å². The highest BCUT2D eigenvalue weighted by Gasteiger charge is 2.47. The number of benzene rings is 1. The van der Waals surface area contributed by atoms with Crippen LogP contribution < -0.4 is 4.84 Å². The van der Waals surface area contributed by atoms with Crippen LogP contribution in [0.5, 0.6) is 0 Å². The molecular formula is C10H11Cl2N. The zero-order valence-corrected chi connectivity index (χ0v) is 8.81. The average Bonchev–Trinajstić information content (AvgIpc) is 2.78. The van der Waals surface area contributed by atoms with E-state index in [1.54, 1.807) is 0 Å². The number of hydrogen-bond acceptors (Lipinski definition) is 1. The Hall–Kier alpha value is -0.240. The Morgan fingerprint density at radius 1 is 1.23 bits per heavy atom. The minimum Gasteiger partial charge on any atom is -0.230 e. The van der Waals surface area contributed by atoms with Gasteiger partial charge in [-0.15, -0.1) is 0 Å². The molecule has 0 aliphatic heterocycles. The lowest BCUT2D eigenvalue weighted by molar-refractivity contribution is 0.841. The normalized spacial score (nSPS) is 31.8. The fourth-order valence-corrected chi connectivity index (χ4v) is 2.29. The summed E-state index contributed by atoms with van der Waals surface area (Å²) in [7, 11) is 0. The largest absolute Gasteiger partial charge is 0.230 e. The Morgan fingerprint density at radius 2 is 1.85 bits per heavy atom. The lowest BCUT2D eigenvalue weighted by Gasteiger charge is -1.98. The molecule has 1 aliphatic rings. The zero-order valence-electron chi connectivity index (χ0n) is 7.30. The van der Waals surface area contributed by atoms with Crippen LogP contribution in [0.15, 0.2) is 24.3 Å². The first-order chi connectivity index (χ1) is 6.24. The van der Waals surface area contributed by atoms with E-state index in [9.17, 15) is 0 Å². The van der Waals surface area contributed by atoms with Crippen LogP contribution in [0.4, 0.5) is 0 Å². The molecule has 1 saturated carbocycles. The number of hydrogen-bond donors (Lipinski definition) is 1. The summed E-state index contributed by atoms with van der Waals surface area (Å²) < 4.78 is 0. The van der Waals surface area contributed by atoms with Gasteiger partial charge in [-0.25, -0.2) is 4.84 Å². The maximum atomic E-state index is 5.80. The van der Waals surface area contributed by atoms with E-state index in [1.165, 1.54) is 5.56 Å². The monoisotopic (exact) mass is 215 g/mol. The van der Waals surface area contributed by atoms with E-state index >= 15 is 0 Å². The molecule has 0 saturated heterocycles. The Morgan fingerprint density at radius 3 is 2.31 bits per heavy atom. The Kier molecular flexibility index (Phi) is 2.50. The Bertz CT molecular complexity index is 296. The molecule has 1 N–H and O–H groups in total. The molecule has 1 aliphatic carbocycles. The smallest absolute Gasteiger partial charge is 0.0406 e. The van der Waals surface area contributed by atoms with Gasteiger partial charge in [-0.2, -0.15) is 0 Å². The van der Waals surface area contributed by atoms with Crippen LogP contribution in [-0.2, 0) is 0 Å². The summed E-state index contributed by atoms with van der Waals surface area (Å²) in [5.41, 5.74) is 1.31. The van der Waals surface area contributed by atoms with Gasteiger partial charge in [-0.05, 0) is 35.4 Å². The maximum absolute atomic E-state index is 5.80. The van der Waals surface area contributed by atoms with Gasteiger partial charge in [-0.3, -0.25) is 0 Å². The Balaban J connectivity index is 2.15. The molecule has 0 amide bonds. The highest BCUT2D eigenvalue weighted by atomic mass is 35.5. The van der Waals surface area contributed by atoms with Crippen LogP contribution in [0.1, 0.15) is 18.4 Å². The number of rotatable bonds is 2. The van der Waals surface area contributed by atoms with Crippen molar-refractivity contribution in [1.29, 1.82) is 0 Å². The third-order valence-corrected chi connectivity index (χ3v) is 3.26. The first-order valence-corrected chi connectivity index (χ1v) is 5.11. The van der Waals surface area contributed by atoms with Crippen LogP contribution in [0.25, 0.3) is 0 Å².